The van der Waals surface area contributed by atoms with E-state index in [4.69, 9.17) is 14.2 Å². The van der Waals surface area contributed by atoms with Gasteiger partial charge in [0.25, 0.3) is 5.91 Å². The van der Waals surface area contributed by atoms with Crippen LogP contribution < -0.4 is 14.8 Å². The van der Waals surface area contributed by atoms with Gasteiger partial charge in [-0.15, -0.1) is 0 Å². The van der Waals surface area contributed by atoms with E-state index in [0.29, 0.717) is 54.5 Å². The van der Waals surface area contributed by atoms with Crippen molar-refractivity contribution in [2.45, 2.75) is 20.0 Å². The second-order valence-electron chi connectivity index (χ2n) is 8.63. The van der Waals surface area contributed by atoms with Crippen LogP contribution in [0.2, 0.25) is 0 Å². The highest BCUT2D eigenvalue weighted by atomic mass is 16.5. The van der Waals surface area contributed by atoms with Crippen molar-refractivity contribution in [2.75, 3.05) is 31.6 Å². The molecule has 0 spiro atoms. The van der Waals surface area contributed by atoms with E-state index in [1.54, 1.807) is 22.7 Å². The Balaban J connectivity index is 1.38. The van der Waals surface area contributed by atoms with Crippen molar-refractivity contribution in [1.29, 1.82) is 0 Å². The molecule has 0 aliphatic carbocycles. The van der Waals surface area contributed by atoms with Crippen molar-refractivity contribution in [2.24, 2.45) is 7.05 Å². The Kier molecular flexibility index (Phi) is 6.68. The number of hydrogen-bond acceptors (Lipinski definition) is 8. The highest BCUT2D eigenvalue weighted by molar-refractivity contribution is 5.96. The summed E-state index contributed by atoms with van der Waals surface area (Å²) in [5.74, 6) is 2.47. The van der Waals surface area contributed by atoms with Crippen LogP contribution in [0.5, 0.6) is 17.2 Å². The average molecular weight is 489 g/mol. The van der Waals surface area contributed by atoms with Gasteiger partial charge >= 0.3 is 0 Å². The molecule has 2 aromatic heterocycles. The number of nitrogens with one attached hydrogen (secondary N) is 1. The number of nitrogens with zero attached hydrogens (tertiary/aromatic N) is 5. The van der Waals surface area contributed by atoms with E-state index in [2.05, 4.69) is 20.4 Å². The maximum Gasteiger partial charge on any atom is 0.263 e. The first-order valence-corrected chi connectivity index (χ1v) is 11.8. The normalized spacial score (nSPS) is 14.5. The molecule has 2 aromatic carbocycles. The zero-order chi connectivity index (χ0) is 25.1. The molecule has 5 rings (SSSR count). The third kappa shape index (κ3) is 5.08. The minimum atomic E-state index is -0.659. The molecule has 0 unspecified atom stereocenters. The Morgan fingerprint density at radius 2 is 1.97 bits per heavy atom. The molecule has 0 radical (unpaired) electrons. The molecular weight excluding hydrogens is 460 g/mol. The Labute approximate surface area is 208 Å². The van der Waals surface area contributed by atoms with Gasteiger partial charge in [-0.3, -0.25) is 9.48 Å². The lowest BCUT2D eigenvalue weighted by Gasteiger charge is -2.29. The van der Waals surface area contributed by atoms with Crippen molar-refractivity contribution in [1.82, 2.24) is 24.6 Å². The highest BCUT2D eigenvalue weighted by Crippen LogP contribution is 2.34. The lowest BCUT2D eigenvalue weighted by Crippen LogP contribution is -2.46. The first kappa shape index (κ1) is 23.6. The number of aryl methyl sites for hydroxylation is 2. The van der Waals surface area contributed by atoms with Crippen LogP contribution in [-0.4, -0.2) is 63.0 Å². The van der Waals surface area contributed by atoms with Crippen LogP contribution in [0.4, 0.5) is 11.5 Å². The van der Waals surface area contributed by atoms with Gasteiger partial charge < -0.3 is 24.4 Å². The van der Waals surface area contributed by atoms with Crippen LogP contribution in [-0.2, 0) is 16.6 Å². The molecule has 1 aliphatic heterocycles. The summed E-state index contributed by atoms with van der Waals surface area (Å²) in [7, 11) is 1.84. The van der Waals surface area contributed by atoms with E-state index < -0.39 is 6.10 Å². The minimum absolute atomic E-state index is 0.0681. The second-order valence-corrected chi connectivity index (χ2v) is 8.63. The summed E-state index contributed by atoms with van der Waals surface area (Å²) in [4.78, 5) is 23.5. The molecule has 0 saturated carbocycles. The summed E-state index contributed by atoms with van der Waals surface area (Å²) >= 11 is 0. The molecular formula is C26H28N6O4. The van der Waals surface area contributed by atoms with Gasteiger partial charge in [-0.2, -0.15) is 5.10 Å². The van der Waals surface area contributed by atoms with Crippen molar-refractivity contribution in [3.63, 3.8) is 0 Å². The number of fused-ring (bicyclic) bond motifs is 1. The third-order valence-electron chi connectivity index (χ3n) is 5.95. The summed E-state index contributed by atoms with van der Waals surface area (Å²) in [5, 5.41) is 8.21. The number of rotatable bonds is 7. The van der Waals surface area contributed by atoms with E-state index in [0.717, 1.165) is 17.0 Å². The van der Waals surface area contributed by atoms with Gasteiger partial charge in [-0.1, -0.05) is 6.07 Å². The van der Waals surface area contributed by atoms with Crippen LogP contribution in [0.15, 0.2) is 55.1 Å². The predicted octanol–water partition coefficient (Wildman–Crippen LogP) is 3.83. The fraction of sp³-hybridized carbons (Fsp3) is 0.308. The Bertz CT molecular complexity index is 1380. The van der Waals surface area contributed by atoms with E-state index in [1.807, 2.05) is 56.6 Å². The van der Waals surface area contributed by atoms with E-state index >= 15 is 0 Å². The highest BCUT2D eigenvalue weighted by Gasteiger charge is 2.25. The molecule has 186 valence electrons. The van der Waals surface area contributed by atoms with Crippen molar-refractivity contribution in [3.8, 4) is 17.2 Å². The molecule has 1 atom stereocenters. The van der Waals surface area contributed by atoms with Gasteiger partial charge in [0.05, 0.1) is 36.5 Å². The molecule has 36 heavy (non-hydrogen) atoms. The molecule has 0 bridgehead atoms. The quantitative estimate of drug-likeness (QED) is 0.419. The zero-order valence-corrected chi connectivity index (χ0v) is 20.5. The maximum atomic E-state index is 12.9. The molecule has 4 aromatic rings. The number of hydrogen-bond donors (Lipinski definition) is 1. The summed E-state index contributed by atoms with van der Waals surface area (Å²) in [6.07, 6.45) is 4.33. The third-order valence-corrected chi connectivity index (χ3v) is 5.95. The number of carbonyl (C=O) groups is 1. The largest absolute Gasteiger partial charge is 0.480 e. The van der Waals surface area contributed by atoms with Crippen molar-refractivity contribution in [3.05, 3.63) is 60.7 Å². The number of morpholine rings is 1. The van der Waals surface area contributed by atoms with Gasteiger partial charge in [-0.25, -0.2) is 9.97 Å². The second kappa shape index (κ2) is 10.2. The van der Waals surface area contributed by atoms with Crippen LogP contribution in [0.1, 0.15) is 12.5 Å². The zero-order valence-electron chi connectivity index (χ0n) is 20.5. The first-order chi connectivity index (χ1) is 17.5. The molecule has 1 N–H and O–H groups in total. The van der Waals surface area contributed by atoms with E-state index in [1.165, 1.54) is 6.33 Å². The van der Waals surface area contributed by atoms with E-state index in [-0.39, 0.29) is 5.91 Å². The number of aromatic nitrogens is 4. The monoisotopic (exact) mass is 488 g/mol. The molecule has 1 amide bonds. The lowest BCUT2D eigenvalue weighted by molar-refractivity contribution is -0.142. The lowest BCUT2D eigenvalue weighted by atomic mass is 10.1. The maximum absolute atomic E-state index is 12.9. The number of anilines is 2. The van der Waals surface area contributed by atoms with Gasteiger partial charge in [0.2, 0.25) is 0 Å². The SMILES string of the molecule is Cc1cc(Nc2ncnc3cccc(O[C@H](C)C(=O)N4CCOCC4)c23)ccc1Oc1cnn(C)c1. The fourth-order valence-corrected chi connectivity index (χ4v) is 4.11. The Hall–Kier alpha value is -4.18. The van der Waals surface area contributed by atoms with Gasteiger partial charge in [0.1, 0.15) is 23.6 Å². The Morgan fingerprint density at radius 1 is 1.14 bits per heavy atom. The van der Waals surface area contributed by atoms with Crippen LogP contribution in [0.3, 0.4) is 0 Å². The summed E-state index contributed by atoms with van der Waals surface area (Å²) < 4.78 is 19.1. The number of ether oxygens (including phenoxy) is 3. The predicted molar refractivity (Wildman–Crippen MR) is 135 cm³/mol. The smallest absolute Gasteiger partial charge is 0.263 e. The van der Waals surface area contributed by atoms with E-state index in [9.17, 15) is 4.79 Å². The Morgan fingerprint density at radius 3 is 2.72 bits per heavy atom. The average Bonchev–Trinajstić information content (AvgIpc) is 3.30. The minimum Gasteiger partial charge on any atom is -0.480 e. The molecule has 10 heteroatoms. The molecule has 10 nitrogen and oxygen atoms in total. The number of amides is 1. The van der Waals surface area contributed by atoms with Crippen LogP contribution >= 0.6 is 0 Å². The topological polar surface area (TPSA) is 104 Å². The molecule has 1 saturated heterocycles. The number of carbonyl (C=O) groups excluding carboxylic acids is 1. The fourth-order valence-electron chi connectivity index (χ4n) is 4.11. The van der Waals surface area contributed by atoms with Crippen molar-refractivity contribution >= 4 is 28.3 Å². The molecule has 1 fully saturated rings. The molecule has 3 heterocycles. The van der Waals surface area contributed by atoms with Gasteiger partial charge in [0.15, 0.2) is 11.9 Å². The first-order valence-electron chi connectivity index (χ1n) is 11.8. The van der Waals surface area contributed by atoms with Crippen molar-refractivity contribution < 1.29 is 19.0 Å². The molecule has 1 aliphatic rings. The summed E-state index contributed by atoms with van der Waals surface area (Å²) in [5.41, 5.74) is 2.49. The van der Waals surface area contributed by atoms with Crippen LogP contribution in [0.25, 0.3) is 10.9 Å². The van der Waals surface area contributed by atoms with Gasteiger partial charge in [-0.05, 0) is 49.7 Å². The standard InChI is InChI=1S/C26H28N6O4/c1-17-13-19(7-8-22(17)36-20-14-29-31(3)15-20)30-25-24-21(27-16-28-25)5-4-6-23(24)35-18(2)26(33)32-9-11-34-12-10-32/h4-8,13-16,18H,9-12H2,1-3H3,(H,27,28,30)/t18-/m1/s1. The summed E-state index contributed by atoms with van der Waals surface area (Å²) in [6, 6.07) is 11.4. The summed E-state index contributed by atoms with van der Waals surface area (Å²) in [6.45, 7) is 5.95. The number of benzene rings is 2. The van der Waals surface area contributed by atoms with Gasteiger partial charge in [0, 0.05) is 25.8 Å². The van der Waals surface area contributed by atoms with Crippen LogP contribution in [0, 0.1) is 6.92 Å².